The zero-order chi connectivity index (χ0) is 8.55. The Morgan fingerprint density at radius 2 is 2.42 bits per heavy atom. The maximum absolute atomic E-state index is 10.4. The van der Waals surface area contributed by atoms with E-state index in [9.17, 15) is 10.1 Å². The van der Waals surface area contributed by atoms with E-state index in [1.165, 1.54) is 6.20 Å². The van der Waals surface area contributed by atoms with Gasteiger partial charge in [0.15, 0.2) is 12.4 Å². The van der Waals surface area contributed by atoms with Gasteiger partial charge in [0.1, 0.15) is 5.39 Å². The zero-order valence-electron chi connectivity index (χ0n) is 6.07. The Labute approximate surface area is 67.2 Å². The fraction of sp³-hybridized carbons (Fsp3) is 0. The number of aromatic nitrogens is 2. The Bertz CT molecular complexity index is 435. The van der Waals surface area contributed by atoms with Crippen molar-refractivity contribution in [2.75, 3.05) is 0 Å². The van der Waals surface area contributed by atoms with E-state index in [1.54, 1.807) is 18.5 Å². The normalized spacial score (nSPS) is 10.3. The molecule has 0 aromatic carbocycles. The molecule has 0 aliphatic heterocycles. The average Bonchev–Trinajstić information content (AvgIpc) is 2.47. The molecule has 2 rings (SSSR count). The molecule has 0 unspecified atom stereocenters. The molecule has 0 aliphatic rings. The third kappa shape index (κ3) is 0.833. The molecule has 2 aromatic rings. The lowest BCUT2D eigenvalue weighted by molar-refractivity contribution is -0.387. The molecule has 0 radical (unpaired) electrons. The van der Waals surface area contributed by atoms with Gasteiger partial charge in [0.2, 0.25) is 0 Å². The third-order valence-electron chi connectivity index (χ3n) is 1.70. The molecule has 5 heteroatoms. The molecule has 0 atom stereocenters. The lowest BCUT2D eigenvalue weighted by atomic mass is 10.3. The predicted octanol–water partition coefficient (Wildman–Crippen LogP) is 0.890. The molecule has 2 heterocycles. The van der Waals surface area contributed by atoms with Crippen LogP contribution < -0.4 is 4.98 Å². The van der Waals surface area contributed by atoms with Crippen molar-refractivity contribution in [1.82, 2.24) is 4.98 Å². The SMILES string of the molecule is O=[N+]([O-])c1c[nH]c2cc[nH+]cc12. The van der Waals surface area contributed by atoms with Crippen molar-refractivity contribution in [2.45, 2.75) is 0 Å². The number of hydrogen-bond donors (Lipinski definition) is 1. The second kappa shape index (κ2) is 2.30. The van der Waals surface area contributed by atoms with Gasteiger partial charge in [0, 0.05) is 6.07 Å². The van der Waals surface area contributed by atoms with Crippen molar-refractivity contribution >= 4 is 16.6 Å². The monoisotopic (exact) mass is 164 g/mol. The van der Waals surface area contributed by atoms with Gasteiger partial charge >= 0.3 is 5.69 Å². The van der Waals surface area contributed by atoms with Crippen LogP contribution in [0, 0.1) is 10.1 Å². The van der Waals surface area contributed by atoms with E-state index in [0.29, 0.717) is 5.39 Å². The summed E-state index contributed by atoms with van der Waals surface area (Å²) >= 11 is 0. The molecular formula is C7H6N3O2+. The van der Waals surface area contributed by atoms with Crippen LogP contribution >= 0.6 is 0 Å². The summed E-state index contributed by atoms with van der Waals surface area (Å²) in [5.41, 5.74) is 0.863. The summed E-state index contributed by atoms with van der Waals surface area (Å²) in [6.45, 7) is 0. The van der Waals surface area contributed by atoms with E-state index in [1.807, 2.05) is 0 Å². The average molecular weight is 164 g/mol. The van der Waals surface area contributed by atoms with E-state index in [0.717, 1.165) is 5.52 Å². The number of pyridine rings is 1. The summed E-state index contributed by atoms with van der Waals surface area (Å²) in [7, 11) is 0. The lowest BCUT2D eigenvalue weighted by Gasteiger charge is -1.83. The summed E-state index contributed by atoms with van der Waals surface area (Å²) in [6, 6.07) is 1.75. The van der Waals surface area contributed by atoms with Crippen LogP contribution in [0.2, 0.25) is 0 Å². The molecular weight excluding hydrogens is 158 g/mol. The maximum Gasteiger partial charge on any atom is 0.300 e. The van der Waals surface area contributed by atoms with E-state index in [2.05, 4.69) is 9.97 Å². The topological polar surface area (TPSA) is 73.1 Å². The molecule has 2 aromatic heterocycles. The summed E-state index contributed by atoms with van der Waals surface area (Å²) in [4.78, 5) is 15.6. The van der Waals surface area contributed by atoms with E-state index >= 15 is 0 Å². The smallest absolute Gasteiger partial charge is 0.300 e. The van der Waals surface area contributed by atoms with Gasteiger partial charge in [0.25, 0.3) is 0 Å². The van der Waals surface area contributed by atoms with Crippen LogP contribution in [0.5, 0.6) is 0 Å². The highest BCUT2D eigenvalue weighted by atomic mass is 16.6. The van der Waals surface area contributed by atoms with Gasteiger partial charge in [-0.2, -0.15) is 0 Å². The van der Waals surface area contributed by atoms with Crippen molar-refractivity contribution in [2.24, 2.45) is 0 Å². The number of rotatable bonds is 1. The highest BCUT2D eigenvalue weighted by molar-refractivity contribution is 5.87. The molecule has 0 fully saturated rings. The van der Waals surface area contributed by atoms with Crippen LogP contribution in [-0.4, -0.2) is 9.91 Å². The first-order chi connectivity index (χ1) is 5.79. The standard InChI is InChI=1S/C7H5N3O2/c11-10(12)7-4-9-6-1-2-8-3-5(6)7/h1-4,9H/p+1. The molecule has 0 amide bonds. The maximum atomic E-state index is 10.4. The second-order valence-electron chi connectivity index (χ2n) is 2.40. The predicted molar refractivity (Wildman–Crippen MR) is 41.5 cm³/mol. The van der Waals surface area contributed by atoms with Crippen molar-refractivity contribution in [3.05, 3.63) is 34.8 Å². The Kier molecular flexibility index (Phi) is 1.30. The second-order valence-corrected chi connectivity index (χ2v) is 2.40. The van der Waals surface area contributed by atoms with Crippen molar-refractivity contribution in [3.63, 3.8) is 0 Å². The number of nitrogens with zero attached hydrogens (tertiary/aromatic N) is 1. The number of nitrogens with one attached hydrogen (secondary N) is 2. The molecule has 12 heavy (non-hydrogen) atoms. The zero-order valence-corrected chi connectivity index (χ0v) is 6.07. The Hall–Kier alpha value is -1.91. The first-order valence-corrected chi connectivity index (χ1v) is 3.40. The van der Waals surface area contributed by atoms with Gasteiger partial charge in [-0.15, -0.1) is 0 Å². The van der Waals surface area contributed by atoms with Gasteiger partial charge in [-0.25, -0.2) is 4.98 Å². The van der Waals surface area contributed by atoms with Crippen molar-refractivity contribution in [3.8, 4) is 0 Å². The highest BCUT2D eigenvalue weighted by Gasteiger charge is 2.14. The van der Waals surface area contributed by atoms with E-state index < -0.39 is 4.92 Å². The molecule has 5 nitrogen and oxygen atoms in total. The fourth-order valence-corrected chi connectivity index (χ4v) is 1.14. The van der Waals surface area contributed by atoms with Crippen LogP contribution in [0.1, 0.15) is 0 Å². The quantitative estimate of drug-likeness (QED) is 0.502. The molecule has 2 N–H and O–H groups in total. The van der Waals surface area contributed by atoms with E-state index in [4.69, 9.17) is 0 Å². The summed E-state index contributed by atoms with van der Waals surface area (Å²) in [5, 5.41) is 11.0. The first-order valence-electron chi connectivity index (χ1n) is 3.40. The molecule has 0 aliphatic carbocycles. The lowest BCUT2D eigenvalue weighted by Crippen LogP contribution is -1.97. The molecule has 0 saturated heterocycles. The van der Waals surface area contributed by atoms with Gasteiger partial charge < -0.3 is 4.98 Å². The van der Waals surface area contributed by atoms with Gasteiger partial charge in [-0.1, -0.05) is 0 Å². The minimum absolute atomic E-state index is 0.0989. The van der Waals surface area contributed by atoms with Crippen LogP contribution in [0.25, 0.3) is 10.9 Å². The van der Waals surface area contributed by atoms with Gasteiger partial charge in [-0.3, -0.25) is 10.1 Å². The Morgan fingerprint density at radius 1 is 1.58 bits per heavy atom. The Balaban J connectivity index is 2.79. The van der Waals surface area contributed by atoms with Crippen LogP contribution in [0.15, 0.2) is 24.7 Å². The largest absolute Gasteiger partial charge is 0.355 e. The van der Waals surface area contributed by atoms with Gasteiger partial charge in [-0.05, 0) is 0 Å². The Morgan fingerprint density at radius 3 is 3.17 bits per heavy atom. The van der Waals surface area contributed by atoms with Crippen molar-refractivity contribution < 1.29 is 9.91 Å². The number of nitro groups is 1. The summed E-state index contributed by atoms with van der Waals surface area (Å²) in [5.74, 6) is 0. The minimum atomic E-state index is -0.410. The number of H-pyrrole nitrogens is 2. The summed E-state index contributed by atoms with van der Waals surface area (Å²) < 4.78 is 0. The molecule has 60 valence electrons. The third-order valence-corrected chi connectivity index (χ3v) is 1.70. The van der Waals surface area contributed by atoms with Gasteiger partial charge in [0.05, 0.1) is 16.6 Å². The summed E-state index contributed by atoms with van der Waals surface area (Å²) in [6.07, 6.45) is 4.70. The van der Waals surface area contributed by atoms with Crippen LogP contribution in [-0.2, 0) is 0 Å². The number of hydrogen-bond acceptors (Lipinski definition) is 2. The molecule has 0 saturated carbocycles. The first kappa shape index (κ1) is 6.78. The number of fused-ring (bicyclic) bond motifs is 1. The van der Waals surface area contributed by atoms with E-state index in [-0.39, 0.29) is 5.69 Å². The highest BCUT2D eigenvalue weighted by Crippen LogP contribution is 2.22. The molecule has 0 spiro atoms. The fourth-order valence-electron chi connectivity index (χ4n) is 1.14. The van der Waals surface area contributed by atoms with Crippen LogP contribution in [0.3, 0.4) is 0 Å². The van der Waals surface area contributed by atoms with Crippen molar-refractivity contribution in [1.29, 1.82) is 0 Å². The van der Waals surface area contributed by atoms with Crippen LogP contribution in [0.4, 0.5) is 5.69 Å². The number of aromatic amines is 2. The minimum Gasteiger partial charge on any atom is -0.355 e. The molecule has 0 bridgehead atoms.